The van der Waals surface area contributed by atoms with Crippen LogP contribution in [0.3, 0.4) is 0 Å². The van der Waals surface area contributed by atoms with Crippen molar-refractivity contribution in [2.24, 2.45) is 17.8 Å². The fraction of sp³-hybridized carbons (Fsp3) is 0.649. The van der Waals surface area contributed by atoms with Gasteiger partial charge >= 0.3 is 51.9 Å². The number of hydrogen-bond donors (Lipinski definition) is 3. The number of alkyl halides is 9. The minimum Gasteiger partial charge on any atom is -0.399 e. The molecule has 1 aliphatic carbocycles. The van der Waals surface area contributed by atoms with Crippen LogP contribution in [0.4, 0.5) is 79.3 Å². The van der Waals surface area contributed by atoms with Crippen molar-refractivity contribution >= 4 is 79.3 Å². The van der Waals surface area contributed by atoms with Gasteiger partial charge in [-0.25, -0.2) is 22.8 Å². The highest BCUT2D eigenvalue weighted by Crippen LogP contribution is 2.42. The Morgan fingerprint density at radius 3 is 0.988 bits per heavy atom. The smallest absolute Gasteiger partial charge is 0.399 e. The molecule has 2 unspecified atom stereocenters. The number of halogens is 13. The molecule has 1 saturated carbocycles. The number of benzene rings is 3. The SMILES string of the molecule is Cc1cc(F)c(N)cc1B1OC(C)(C)C(C)(C)O1.Cc1cc(F)c(NC(=O)N2CCC(C(F)(F)F)C2)cc1B1OC(C)(C)C(C)(C)O1.Cc1cc(F)c(NC(=O)N2CCC(C(F)(F)F)C2)cc1B1OC(C)(C)C(C)(C)O1.Cl.FC(F)(F)C1CCCC1. The number of nitrogens with zero attached hydrogens (tertiary/aromatic N) is 2. The number of nitrogens with two attached hydrogens (primary N) is 1. The quantitative estimate of drug-likeness (QED) is 0.129. The Morgan fingerprint density at radius 2 is 0.733 bits per heavy atom. The number of hydrogen-bond acceptors (Lipinski definition) is 9. The van der Waals surface area contributed by atoms with E-state index in [9.17, 15) is 62.3 Å². The normalized spacial score (nSPS) is 22.8. The molecule has 5 saturated heterocycles. The van der Waals surface area contributed by atoms with E-state index in [0.29, 0.717) is 34.9 Å². The fourth-order valence-electron chi connectivity index (χ4n) is 10.0. The molecule has 2 atom stereocenters. The molecule has 5 heterocycles. The number of aryl methyl sites for hydroxylation is 3. The summed E-state index contributed by atoms with van der Waals surface area (Å²) in [5.41, 5.74) is 6.11. The number of urea groups is 2. The first-order valence-electron chi connectivity index (χ1n) is 28.2. The Balaban J connectivity index is 0.000000223. The highest BCUT2D eigenvalue weighted by molar-refractivity contribution is 6.63. The first-order valence-corrected chi connectivity index (χ1v) is 28.2. The lowest BCUT2D eigenvalue weighted by Crippen LogP contribution is -2.41. The average molecular weight is 1260 g/mol. The number of nitrogen functional groups attached to an aromatic ring is 1. The summed E-state index contributed by atoms with van der Waals surface area (Å²) >= 11 is 0. The maximum absolute atomic E-state index is 14.4. The van der Waals surface area contributed by atoms with Crippen molar-refractivity contribution in [3.05, 3.63) is 70.5 Å². The summed E-state index contributed by atoms with van der Waals surface area (Å²) < 4.78 is 190. The van der Waals surface area contributed by atoms with Gasteiger partial charge in [0.2, 0.25) is 0 Å². The minimum atomic E-state index is -4.35. The van der Waals surface area contributed by atoms with E-state index >= 15 is 0 Å². The van der Waals surface area contributed by atoms with Crippen LogP contribution < -0.4 is 32.8 Å². The van der Waals surface area contributed by atoms with Gasteiger partial charge in [-0.1, -0.05) is 12.8 Å². The van der Waals surface area contributed by atoms with E-state index < -0.39 is 134 Å². The molecule has 29 heteroatoms. The van der Waals surface area contributed by atoms with Gasteiger partial charge < -0.3 is 54.1 Å². The van der Waals surface area contributed by atoms with Gasteiger partial charge in [0, 0.05) is 26.2 Å². The van der Waals surface area contributed by atoms with E-state index in [4.69, 9.17) is 33.7 Å². The summed E-state index contributed by atoms with van der Waals surface area (Å²) in [6.45, 7) is 27.3. The molecular formula is C57H79B3ClF12N5O8. The second-order valence-corrected chi connectivity index (χ2v) is 25.7. The van der Waals surface area contributed by atoms with Gasteiger partial charge in [0.25, 0.3) is 0 Å². The zero-order chi connectivity index (χ0) is 64.2. The van der Waals surface area contributed by atoms with Crippen molar-refractivity contribution in [2.75, 3.05) is 42.5 Å². The van der Waals surface area contributed by atoms with Crippen LogP contribution in [0.1, 0.15) is 138 Å². The summed E-state index contributed by atoms with van der Waals surface area (Å²) in [5, 5.41) is 4.78. The van der Waals surface area contributed by atoms with Crippen LogP contribution in [0.5, 0.6) is 0 Å². The van der Waals surface area contributed by atoms with E-state index in [1.807, 2.05) is 90.0 Å². The molecule has 3 aromatic rings. The molecule has 480 valence electrons. The molecule has 0 bridgehead atoms. The predicted molar refractivity (Wildman–Crippen MR) is 310 cm³/mol. The fourth-order valence-corrected chi connectivity index (χ4v) is 10.0. The number of nitrogens with one attached hydrogen (secondary N) is 2. The van der Waals surface area contributed by atoms with Gasteiger partial charge in [-0.15, -0.1) is 12.4 Å². The van der Waals surface area contributed by atoms with Gasteiger partial charge in [0.15, 0.2) is 0 Å². The number of likely N-dealkylation sites (tertiary alicyclic amines) is 2. The Hall–Kier alpha value is -4.60. The Labute approximate surface area is 503 Å². The average Bonchev–Trinajstić information content (AvgIpc) is 1.70. The van der Waals surface area contributed by atoms with Gasteiger partial charge in [-0.2, -0.15) is 39.5 Å². The summed E-state index contributed by atoms with van der Waals surface area (Å²) in [6.07, 6.45) is -10.7. The molecule has 86 heavy (non-hydrogen) atoms. The third-order valence-electron chi connectivity index (χ3n) is 17.8. The number of carbonyl (C=O) groups excluding carboxylic acids is 2. The van der Waals surface area contributed by atoms with E-state index in [0.717, 1.165) is 33.7 Å². The van der Waals surface area contributed by atoms with E-state index in [-0.39, 0.29) is 55.4 Å². The van der Waals surface area contributed by atoms with Crippen LogP contribution in [0, 0.1) is 56.0 Å². The highest BCUT2D eigenvalue weighted by Gasteiger charge is 2.55. The van der Waals surface area contributed by atoms with Crippen LogP contribution in [-0.4, -0.2) is 122 Å². The molecule has 3 aromatic carbocycles. The standard InChI is InChI=1S/2C19H25BF4N2O3.C13H19BFNO2.C6H9F3.ClH/c2*1-11-8-14(21)15(9-13(11)20-28-17(2,3)18(4,5)29-20)25-16(27)26-7-6-12(10-26)19(22,23)24;1-8-6-10(15)11(16)7-9(8)14-17-12(2,3)13(4,5)18-14;7-6(8,9)5-3-1-2-4-5;/h2*8-9,12H,6-7,10H2,1-5H3,(H,25,27);6-7H,16H2,1-5H3;5H,1-4H2;1H. The van der Waals surface area contributed by atoms with Gasteiger partial charge in [0.1, 0.15) is 17.5 Å². The van der Waals surface area contributed by atoms with Gasteiger partial charge in [-0.3, -0.25) is 0 Å². The Bertz CT molecular complexity index is 2730. The largest absolute Gasteiger partial charge is 0.495 e. The predicted octanol–water partition coefficient (Wildman–Crippen LogP) is 12.9. The van der Waals surface area contributed by atoms with Gasteiger partial charge in [-0.05, 0) is 199 Å². The van der Waals surface area contributed by atoms with Crippen molar-refractivity contribution in [1.82, 2.24) is 9.80 Å². The molecule has 4 N–H and O–H groups in total. The number of carbonyl (C=O) groups is 2. The minimum absolute atomic E-state index is 0. The molecular weight excluding hydrogens is 1180 g/mol. The van der Waals surface area contributed by atoms with Crippen LogP contribution >= 0.6 is 12.4 Å². The van der Waals surface area contributed by atoms with Crippen molar-refractivity contribution in [3.63, 3.8) is 0 Å². The monoisotopic (exact) mass is 1260 g/mol. The first-order chi connectivity index (χ1) is 38.7. The van der Waals surface area contributed by atoms with Crippen molar-refractivity contribution in [1.29, 1.82) is 0 Å². The molecule has 0 radical (unpaired) electrons. The Morgan fingerprint density at radius 1 is 0.465 bits per heavy atom. The van der Waals surface area contributed by atoms with Crippen molar-refractivity contribution in [3.8, 4) is 0 Å². The Kier molecular flexibility index (Phi) is 21.9. The topological polar surface area (TPSA) is 146 Å². The number of anilines is 3. The van der Waals surface area contributed by atoms with Crippen LogP contribution in [0.2, 0.25) is 0 Å². The van der Waals surface area contributed by atoms with Gasteiger partial charge in [0.05, 0.1) is 68.4 Å². The van der Waals surface area contributed by atoms with E-state index in [1.54, 1.807) is 19.9 Å². The summed E-state index contributed by atoms with van der Waals surface area (Å²) in [7, 11) is -2.01. The molecule has 5 aliphatic heterocycles. The molecule has 9 rings (SSSR count). The van der Waals surface area contributed by atoms with Crippen LogP contribution in [0.25, 0.3) is 0 Å². The number of amides is 4. The third-order valence-corrected chi connectivity index (χ3v) is 17.8. The lowest BCUT2D eigenvalue weighted by Gasteiger charge is -2.32. The van der Waals surface area contributed by atoms with E-state index in [1.165, 1.54) is 30.3 Å². The van der Waals surface area contributed by atoms with Crippen molar-refractivity contribution in [2.45, 2.75) is 195 Å². The maximum atomic E-state index is 14.4. The molecule has 0 aromatic heterocycles. The lowest BCUT2D eigenvalue weighted by molar-refractivity contribution is -0.172. The first kappa shape index (κ1) is 72.2. The number of rotatable bonds is 5. The zero-order valence-corrected chi connectivity index (χ0v) is 52.0. The van der Waals surface area contributed by atoms with Crippen LogP contribution in [-0.2, 0) is 27.9 Å². The lowest BCUT2D eigenvalue weighted by atomic mass is 9.76. The highest BCUT2D eigenvalue weighted by atomic mass is 35.5. The zero-order valence-electron chi connectivity index (χ0n) is 51.2. The second-order valence-electron chi connectivity index (χ2n) is 25.7. The van der Waals surface area contributed by atoms with E-state index in [2.05, 4.69) is 10.6 Å². The van der Waals surface area contributed by atoms with Crippen molar-refractivity contribution < 1.29 is 90.2 Å². The molecule has 4 amide bonds. The molecule has 0 spiro atoms. The summed E-state index contributed by atoms with van der Waals surface area (Å²) in [5.74, 6) is -5.87. The summed E-state index contributed by atoms with van der Waals surface area (Å²) in [4.78, 5) is 26.9. The molecule has 6 aliphatic rings. The maximum Gasteiger partial charge on any atom is 0.495 e. The van der Waals surface area contributed by atoms with Crippen LogP contribution in [0.15, 0.2) is 36.4 Å². The summed E-state index contributed by atoms with van der Waals surface area (Å²) in [6, 6.07) is 6.81. The second kappa shape index (κ2) is 26.1. The molecule has 6 fully saturated rings. The molecule has 13 nitrogen and oxygen atoms in total. The third kappa shape index (κ3) is 16.6.